The number of carbonyl (C=O) groups excluding carboxylic acids is 1. The smallest absolute Gasteiger partial charge is 0.191 e. The molecule has 2 aromatic carbocycles. The predicted octanol–water partition coefficient (Wildman–Crippen LogP) is 4.03. The third kappa shape index (κ3) is 2.14. The molecule has 1 aromatic heterocycles. The summed E-state index contributed by atoms with van der Waals surface area (Å²) in [4.78, 5) is 16.8. The van der Waals surface area contributed by atoms with Gasteiger partial charge in [0.25, 0.3) is 0 Å². The normalized spacial score (nSPS) is 15.6. The predicted molar refractivity (Wildman–Crippen MR) is 85.8 cm³/mol. The van der Waals surface area contributed by atoms with Gasteiger partial charge in [0, 0.05) is 23.8 Å². The van der Waals surface area contributed by atoms with Crippen LogP contribution in [0.25, 0.3) is 10.2 Å². The van der Waals surface area contributed by atoms with Crippen LogP contribution in [0, 0.1) is 0 Å². The van der Waals surface area contributed by atoms with E-state index in [9.17, 15) is 4.79 Å². The maximum atomic E-state index is 12.3. The molecule has 1 aliphatic rings. The van der Waals surface area contributed by atoms with E-state index >= 15 is 0 Å². The summed E-state index contributed by atoms with van der Waals surface area (Å²) in [6, 6.07) is 15.8. The van der Waals surface area contributed by atoms with Gasteiger partial charge in [-0.3, -0.25) is 4.79 Å². The molecule has 21 heavy (non-hydrogen) atoms. The lowest BCUT2D eigenvalue weighted by Crippen LogP contribution is -1.98. The van der Waals surface area contributed by atoms with Crippen molar-refractivity contribution < 1.29 is 4.79 Å². The molecular formula is C17H12N2OS. The first-order valence-corrected chi connectivity index (χ1v) is 7.57. The van der Waals surface area contributed by atoms with Crippen LogP contribution in [0.1, 0.15) is 15.9 Å². The lowest BCUT2D eigenvalue weighted by Gasteiger charge is -1.96. The number of allylic oxidation sites excluding steroid dienone is 1. The molecule has 4 rings (SSSR count). The molecule has 0 bridgehead atoms. The Balaban J connectivity index is 1.61. The van der Waals surface area contributed by atoms with Crippen molar-refractivity contribution in [3.05, 3.63) is 71.4 Å². The van der Waals surface area contributed by atoms with Gasteiger partial charge in [-0.15, -0.1) is 0 Å². The minimum absolute atomic E-state index is 0.110. The van der Waals surface area contributed by atoms with Gasteiger partial charge in [-0.2, -0.15) is 0 Å². The molecule has 0 radical (unpaired) electrons. The summed E-state index contributed by atoms with van der Waals surface area (Å²) < 4.78 is 1.14. The maximum Gasteiger partial charge on any atom is 0.191 e. The Kier molecular flexibility index (Phi) is 2.82. The molecule has 1 aliphatic carbocycles. The van der Waals surface area contributed by atoms with Crippen molar-refractivity contribution in [3.8, 4) is 0 Å². The van der Waals surface area contributed by atoms with Gasteiger partial charge in [-0.05, 0) is 17.7 Å². The van der Waals surface area contributed by atoms with Crippen LogP contribution in [0.4, 0.5) is 5.13 Å². The highest BCUT2D eigenvalue weighted by atomic mass is 32.1. The Morgan fingerprint density at radius 3 is 2.76 bits per heavy atom. The number of carbonyl (C=O) groups is 1. The number of thiazole rings is 1. The molecule has 102 valence electrons. The number of ketones is 1. The molecule has 0 spiro atoms. The van der Waals surface area contributed by atoms with E-state index in [1.165, 1.54) is 0 Å². The van der Waals surface area contributed by atoms with Gasteiger partial charge in [-0.25, -0.2) is 4.98 Å². The van der Waals surface area contributed by atoms with Gasteiger partial charge < -0.3 is 5.32 Å². The van der Waals surface area contributed by atoms with Crippen LogP contribution in [0.2, 0.25) is 0 Å². The topological polar surface area (TPSA) is 42.0 Å². The Morgan fingerprint density at radius 1 is 1.10 bits per heavy atom. The number of hydrogen-bond donors (Lipinski definition) is 1. The number of para-hydroxylation sites is 1. The Labute approximate surface area is 126 Å². The van der Waals surface area contributed by atoms with E-state index < -0.39 is 0 Å². The van der Waals surface area contributed by atoms with Crippen molar-refractivity contribution in [1.82, 2.24) is 4.98 Å². The van der Waals surface area contributed by atoms with E-state index in [0.717, 1.165) is 32.0 Å². The highest BCUT2D eigenvalue weighted by Crippen LogP contribution is 2.28. The minimum atomic E-state index is 0.110. The molecule has 0 aliphatic heterocycles. The Hall–Kier alpha value is -2.46. The first-order valence-electron chi connectivity index (χ1n) is 6.75. The van der Waals surface area contributed by atoms with Crippen LogP contribution in [-0.4, -0.2) is 10.8 Å². The number of aromatic nitrogens is 1. The van der Waals surface area contributed by atoms with Crippen molar-refractivity contribution in [2.75, 3.05) is 5.32 Å². The average molecular weight is 292 g/mol. The fraction of sp³-hybridized carbons (Fsp3) is 0.0588. The molecule has 0 fully saturated rings. The van der Waals surface area contributed by atoms with Crippen molar-refractivity contribution in [2.24, 2.45) is 0 Å². The molecule has 3 aromatic rings. The molecule has 4 heteroatoms. The van der Waals surface area contributed by atoms with E-state index in [0.29, 0.717) is 6.42 Å². The molecular weight excluding hydrogens is 280 g/mol. The molecule has 0 amide bonds. The first kappa shape index (κ1) is 12.3. The van der Waals surface area contributed by atoms with Crippen LogP contribution < -0.4 is 5.32 Å². The zero-order valence-electron chi connectivity index (χ0n) is 11.2. The standard InChI is InChI=1S/C17H12N2OS/c20-16-12(9-11-5-1-2-6-13(11)16)10-18-17-19-14-7-3-4-8-15(14)21-17/h1-8,10H,9H2,(H,18,19). The van der Waals surface area contributed by atoms with Gasteiger partial charge in [0.2, 0.25) is 0 Å². The SMILES string of the molecule is O=C1C(=CNc2nc3ccccc3s2)Cc2ccccc21. The Morgan fingerprint density at radius 2 is 1.90 bits per heavy atom. The molecule has 0 unspecified atom stereocenters. The number of rotatable bonds is 2. The molecule has 1 N–H and O–H groups in total. The zero-order valence-corrected chi connectivity index (χ0v) is 12.0. The van der Waals surface area contributed by atoms with Crippen LogP contribution >= 0.6 is 11.3 Å². The van der Waals surface area contributed by atoms with E-state index in [1.807, 2.05) is 48.5 Å². The van der Waals surface area contributed by atoms with Crippen LogP contribution in [0.5, 0.6) is 0 Å². The van der Waals surface area contributed by atoms with Gasteiger partial charge in [0.15, 0.2) is 10.9 Å². The molecule has 0 atom stereocenters. The van der Waals surface area contributed by atoms with Crippen LogP contribution in [-0.2, 0) is 6.42 Å². The summed E-state index contributed by atoms with van der Waals surface area (Å²) in [6.45, 7) is 0. The van der Waals surface area contributed by atoms with Crippen molar-refractivity contribution in [3.63, 3.8) is 0 Å². The van der Waals surface area contributed by atoms with Gasteiger partial charge in [0.05, 0.1) is 10.2 Å². The van der Waals surface area contributed by atoms with E-state index in [-0.39, 0.29) is 5.78 Å². The number of Topliss-reactive ketones (excluding diaryl/α,β-unsaturated/α-hetero) is 1. The first-order chi connectivity index (χ1) is 10.3. The number of hydrogen-bond acceptors (Lipinski definition) is 4. The van der Waals surface area contributed by atoms with E-state index in [1.54, 1.807) is 17.5 Å². The summed E-state index contributed by atoms with van der Waals surface area (Å²) in [5.41, 5.74) is 3.68. The maximum absolute atomic E-state index is 12.3. The second-order valence-electron chi connectivity index (χ2n) is 4.96. The van der Waals surface area contributed by atoms with Gasteiger partial charge in [-0.1, -0.05) is 47.7 Å². The summed E-state index contributed by atoms with van der Waals surface area (Å²) in [6.07, 6.45) is 2.48. The summed E-state index contributed by atoms with van der Waals surface area (Å²) >= 11 is 1.59. The van der Waals surface area contributed by atoms with Gasteiger partial charge in [0.1, 0.15) is 0 Å². The summed E-state index contributed by atoms with van der Waals surface area (Å²) in [5, 5.41) is 3.98. The van der Waals surface area contributed by atoms with Crippen LogP contribution in [0.3, 0.4) is 0 Å². The van der Waals surface area contributed by atoms with Crippen molar-refractivity contribution in [1.29, 1.82) is 0 Å². The van der Waals surface area contributed by atoms with Gasteiger partial charge >= 0.3 is 0 Å². The average Bonchev–Trinajstić information content (AvgIpc) is 3.07. The largest absolute Gasteiger partial charge is 0.338 e. The Bertz CT molecular complexity index is 846. The molecule has 1 heterocycles. The summed E-state index contributed by atoms with van der Waals surface area (Å²) in [7, 11) is 0. The molecule has 3 nitrogen and oxygen atoms in total. The lowest BCUT2D eigenvalue weighted by atomic mass is 10.1. The number of fused-ring (bicyclic) bond motifs is 2. The van der Waals surface area contributed by atoms with E-state index in [4.69, 9.17) is 0 Å². The monoisotopic (exact) mass is 292 g/mol. The fourth-order valence-electron chi connectivity index (χ4n) is 2.55. The highest BCUT2D eigenvalue weighted by molar-refractivity contribution is 7.22. The van der Waals surface area contributed by atoms with Crippen molar-refractivity contribution >= 4 is 32.5 Å². The zero-order chi connectivity index (χ0) is 14.2. The molecule has 0 saturated carbocycles. The number of anilines is 1. The second kappa shape index (κ2) is 4.82. The second-order valence-corrected chi connectivity index (χ2v) is 5.99. The molecule has 0 saturated heterocycles. The van der Waals surface area contributed by atoms with Crippen LogP contribution in [0.15, 0.2) is 60.3 Å². The third-order valence-electron chi connectivity index (χ3n) is 3.60. The van der Waals surface area contributed by atoms with Crippen molar-refractivity contribution in [2.45, 2.75) is 6.42 Å². The number of nitrogens with zero attached hydrogens (tertiary/aromatic N) is 1. The number of benzene rings is 2. The fourth-order valence-corrected chi connectivity index (χ4v) is 3.39. The third-order valence-corrected chi connectivity index (χ3v) is 4.57. The lowest BCUT2D eigenvalue weighted by molar-refractivity contribution is 0.103. The summed E-state index contributed by atoms with van der Waals surface area (Å²) in [5.74, 6) is 0.110. The number of nitrogens with one attached hydrogen (secondary N) is 1. The highest BCUT2D eigenvalue weighted by Gasteiger charge is 2.23. The minimum Gasteiger partial charge on any atom is -0.338 e. The quantitative estimate of drug-likeness (QED) is 0.725. The van der Waals surface area contributed by atoms with E-state index in [2.05, 4.69) is 10.3 Å².